The molecule has 25 heavy (non-hydrogen) atoms. The molecule has 0 saturated heterocycles. The molecule has 0 heterocycles. The first-order chi connectivity index (χ1) is 11.8. The molecule has 0 atom stereocenters. The summed E-state index contributed by atoms with van der Waals surface area (Å²) >= 11 is 0. The maximum Gasteiger partial charge on any atom is 0.341 e. The maximum atomic E-state index is 12.1. The monoisotopic (exact) mass is 362 g/mol. The van der Waals surface area contributed by atoms with Crippen LogP contribution < -0.4 is 4.74 Å². The van der Waals surface area contributed by atoms with E-state index in [9.17, 15) is 18.0 Å². The molecule has 2 N–H and O–H groups in total. The van der Waals surface area contributed by atoms with E-state index in [0.717, 1.165) is 0 Å². The number of hydrogen-bond donors (Lipinski definition) is 2. The molecule has 0 saturated carbocycles. The van der Waals surface area contributed by atoms with Crippen molar-refractivity contribution in [3.05, 3.63) is 65.7 Å². The van der Waals surface area contributed by atoms with Crippen molar-refractivity contribution in [2.45, 2.75) is 4.90 Å². The number of aliphatic carboxylic acids is 1. The van der Waals surface area contributed by atoms with Crippen LogP contribution in [0.2, 0.25) is 0 Å². The minimum atomic E-state index is -4.25. The highest BCUT2D eigenvalue weighted by Gasteiger charge is 2.08. The van der Waals surface area contributed by atoms with Crippen molar-refractivity contribution in [3.8, 4) is 5.75 Å². The van der Waals surface area contributed by atoms with Crippen LogP contribution in [0.25, 0.3) is 6.08 Å². The van der Waals surface area contributed by atoms with Crippen LogP contribution in [0.1, 0.15) is 15.9 Å². The van der Waals surface area contributed by atoms with Crippen LogP contribution in [-0.2, 0) is 14.9 Å². The number of rotatable bonds is 7. The Balaban J connectivity index is 2.03. The van der Waals surface area contributed by atoms with Gasteiger partial charge in [0.1, 0.15) is 5.75 Å². The normalized spacial score (nSPS) is 11.4. The molecule has 2 aromatic carbocycles. The number of ketones is 1. The molecular weight excluding hydrogens is 348 g/mol. The third-order valence-electron chi connectivity index (χ3n) is 3.11. The van der Waals surface area contributed by atoms with Gasteiger partial charge in [-0.25, -0.2) is 4.79 Å². The van der Waals surface area contributed by atoms with Gasteiger partial charge in [0.25, 0.3) is 10.1 Å². The second-order valence-electron chi connectivity index (χ2n) is 4.95. The molecule has 0 radical (unpaired) electrons. The molecule has 0 bridgehead atoms. The SMILES string of the molecule is O=C(O)COc1ccc(C(=O)C=Cc2ccc(S(=O)(=O)O)cc2)cc1. The van der Waals surface area contributed by atoms with E-state index in [4.69, 9.17) is 14.4 Å². The summed E-state index contributed by atoms with van der Waals surface area (Å²) in [5, 5.41) is 8.52. The first kappa shape index (κ1) is 18.4. The van der Waals surface area contributed by atoms with Crippen molar-refractivity contribution < 1.29 is 32.4 Å². The summed E-state index contributed by atoms with van der Waals surface area (Å²) in [5.74, 6) is -1.05. The first-order valence-electron chi connectivity index (χ1n) is 7.00. The van der Waals surface area contributed by atoms with Crippen LogP contribution >= 0.6 is 0 Å². The standard InChI is InChI=1S/C17H14O7S/c18-16(13-4-6-14(7-5-13)24-11-17(19)20)10-3-12-1-8-15(9-2-12)25(21,22)23/h1-10H,11H2,(H,19,20)(H,21,22,23). The predicted octanol–water partition coefficient (Wildman–Crippen LogP) is 2.29. The van der Waals surface area contributed by atoms with Gasteiger partial charge in [0.05, 0.1) is 4.90 Å². The van der Waals surface area contributed by atoms with E-state index < -0.39 is 22.7 Å². The Kier molecular flexibility index (Phi) is 5.68. The summed E-state index contributed by atoms with van der Waals surface area (Å²) in [4.78, 5) is 22.2. The summed E-state index contributed by atoms with van der Waals surface area (Å²) in [6.45, 7) is -0.466. The zero-order chi connectivity index (χ0) is 18.4. The Bertz CT molecular complexity index is 895. The van der Waals surface area contributed by atoms with Gasteiger partial charge in [0.15, 0.2) is 12.4 Å². The zero-order valence-corrected chi connectivity index (χ0v) is 13.6. The molecule has 0 fully saturated rings. The van der Waals surface area contributed by atoms with Crippen LogP contribution in [-0.4, -0.2) is 36.4 Å². The lowest BCUT2D eigenvalue weighted by Crippen LogP contribution is -2.09. The third kappa shape index (κ3) is 5.55. The average Bonchev–Trinajstić information content (AvgIpc) is 2.58. The molecule has 0 amide bonds. The van der Waals surface area contributed by atoms with Gasteiger partial charge >= 0.3 is 5.97 Å². The van der Waals surface area contributed by atoms with Crippen LogP contribution in [0.4, 0.5) is 0 Å². The summed E-state index contributed by atoms with van der Waals surface area (Å²) in [7, 11) is -4.25. The minimum Gasteiger partial charge on any atom is -0.482 e. The number of benzene rings is 2. The summed E-state index contributed by atoms with van der Waals surface area (Å²) in [6.07, 6.45) is 2.82. The highest BCUT2D eigenvalue weighted by Crippen LogP contribution is 2.14. The second kappa shape index (κ2) is 7.73. The summed E-state index contributed by atoms with van der Waals surface area (Å²) in [6, 6.07) is 11.4. The fourth-order valence-electron chi connectivity index (χ4n) is 1.88. The van der Waals surface area contributed by atoms with E-state index in [0.29, 0.717) is 16.9 Å². The number of hydrogen-bond acceptors (Lipinski definition) is 5. The highest BCUT2D eigenvalue weighted by atomic mass is 32.2. The lowest BCUT2D eigenvalue weighted by Gasteiger charge is -2.03. The fraction of sp³-hybridized carbons (Fsp3) is 0.0588. The summed E-state index contributed by atoms with van der Waals surface area (Å²) in [5.41, 5.74) is 0.968. The van der Waals surface area contributed by atoms with Crippen LogP contribution in [0, 0.1) is 0 Å². The van der Waals surface area contributed by atoms with Gasteiger partial charge in [-0.1, -0.05) is 18.2 Å². The van der Waals surface area contributed by atoms with Gasteiger partial charge in [-0.15, -0.1) is 0 Å². The number of carbonyl (C=O) groups is 2. The highest BCUT2D eigenvalue weighted by molar-refractivity contribution is 7.85. The molecule has 2 aromatic rings. The quantitative estimate of drug-likeness (QED) is 0.441. The third-order valence-corrected chi connectivity index (χ3v) is 3.97. The molecule has 0 aliphatic rings. The number of carboxylic acid groups (broad SMARTS) is 1. The minimum absolute atomic E-state index is 0.229. The summed E-state index contributed by atoms with van der Waals surface area (Å²) < 4.78 is 35.8. The second-order valence-corrected chi connectivity index (χ2v) is 6.37. The lowest BCUT2D eigenvalue weighted by molar-refractivity contribution is -0.139. The van der Waals surface area contributed by atoms with Gasteiger partial charge in [-0.2, -0.15) is 8.42 Å². The molecule has 0 unspecified atom stereocenters. The smallest absolute Gasteiger partial charge is 0.341 e. The molecule has 2 rings (SSSR count). The van der Waals surface area contributed by atoms with Crippen molar-refractivity contribution in [1.82, 2.24) is 0 Å². The molecule has 0 aliphatic carbocycles. The van der Waals surface area contributed by atoms with Crippen molar-refractivity contribution in [2.24, 2.45) is 0 Å². The Hall–Kier alpha value is -2.97. The van der Waals surface area contributed by atoms with E-state index >= 15 is 0 Å². The topological polar surface area (TPSA) is 118 Å². The average molecular weight is 362 g/mol. The molecule has 0 aliphatic heterocycles. The van der Waals surface area contributed by atoms with Gasteiger partial charge in [-0.3, -0.25) is 9.35 Å². The van der Waals surface area contributed by atoms with E-state index in [-0.39, 0.29) is 10.7 Å². The number of carboxylic acids is 1. The van der Waals surface area contributed by atoms with E-state index in [2.05, 4.69) is 0 Å². The van der Waals surface area contributed by atoms with Crippen LogP contribution in [0.3, 0.4) is 0 Å². The van der Waals surface area contributed by atoms with Crippen molar-refractivity contribution in [1.29, 1.82) is 0 Å². The molecule has 0 spiro atoms. The number of carbonyl (C=O) groups excluding carboxylic acids is 1. The Morgan fingerprint density at radius 2 is 1.60 bits per heavy atom. The molecule has 130 valence electrons. The number of allylic oxidation sites excluding steroid dienone is 1. The Morgan fingerprint density at radius 3 is 2.12 bits per heavy atom. The Morgan fingerprint density at radius 1 is 1.00 bits per heavy atom. The first-order valence-corrected chi connectivity index (χ1v) is 8.44. The molecule has 8 heteroatoms. The van der Waals surface area contributed by atoms with Crippen molar-refractivity contribution in [3.63, 3.8) is 0 Å². The van der Waals surface area contributed by atoms with E-state index in [1.807, 2.05) is 0 Å². The van der Waals surface area contributed by atoms with Gasteiger partial charge in [-0.05, 0) is 48.0 Å². The van der Waals surface area contributed by atoms with Gasteiger partial charge in [0, 0.05) is 5.56 Å². The largest absolute Gasteiger partial charge is 0.482 e. The Labute approximate surface area is 143 Å². The van der Waals surface area contributed by atoms with Crippen LogP contribution in [0.5, 0.6) is 5.75 Å². The van der Waals surface area contributed by atoms with Crippen LogP contribution in [0.15, 0.2) is 59.5 Å². The molecule has 7 nitrogen and oxygen atoms in total. The zero-order valence-electron chi connectivity index (χ0n) is 12.8. The lowest BCUT2D eigenvalue weighted by atomic mass is 10.1. The van der Waals surface area contributed by atoms with Gasteiger partial charge in [0.2, 0.25) is 0 Å². The number of ether oxygens (including phenoxy) is 1. The predicted molar refractivity (Wildman–Crippen MR) is 89.2 cm³/mol. The maximum absolute atomic E-state index is 12.1. The molecular formula is C17H14O7S. The molecule has 0 aromatic heterocycles. The van der Waals surface area contributed by atoms with E-state index in [1.54, 1.807) is 0 Å². The van der Waals surface area contributed by atoms with Gasteiger partial charge < -0.3 is 9.84 Å². The van der Waals surface area contributed by atoms with Crippen molar-refractivity contribution in [2.75, 3.05) is 6.61 Å². The van der Waals surface area contributed by atoms with Crippen molar-refractivity contribution >= 4 is 27.9 Å². The van der Waals surface area contributed by atoms with E-state index in [1.165, 1.54) is 60.7 Å². The fourth-order valence-corrected chi connectivity index (χ4v) is 2.36.